The van der Waals surface area contributed by atoms with Crippen molar-refractivity contribution in [2.45, 2.75) is 38.1 Å². The summed E-state index contributed by atoms with van der Waals surface area (Å²) in [6.07, 6.45) is 3.32. The van der Waals surface area contributed by atoms with Crippen LogP contribution in [0.4, 0.5) is 0 Å². The van der Waals surface area contributed by atoms with E-state index in [1.165, 1.54) is 6.42 Å². The van der Waals surface area contributed by atoms with Crippen molar-refractivity contribution in [1.82, 2.24) is 4.90 Å². The molecule has 0 bridgehead atoms. The van der Waals surface area contributed by atoms with E-state index in [1.807, 2.05) is 11.8 Å². The fraction of sp³-hybridized carbons (Fsp3) is 1.00. The number of nitrogens with zero attached hydrogens (tertiary/aromatic N) is 1. The number of aliphatic hydroxyl groups excluding tert-OH is 1. The Morgan fingerprint density at radius 1 is 1.50 bits per heavy atom. The first-order chi connectivity index (χ1) is 6.45. The number of aliphatic hydroxyl groups is 1. The lowest BCUT2D eigenvalue weighted by atomic mass is 9.91. The van der Waals surface area contributed by atoms with Gasteiger partial charge in [-0.3, -0.25) is 9.46 Å². The molecule has 0 aliphatic heterocycles. The summed E-state index contributed by atoms with van der Waals surface area (Å²) in [5.74, 6) is -1.54. The number of likely N-dealkylation sites (N-methyl/N-ethyl adjacent to an activating group) is 1. The van der Waals surface area contributed by atoms with Gasteiger partial charge in [0.15, 0.2) is 5.85 Å². The van der Waals surface area contributed by atoms with E-state index in [-0.39, 0.29) is 6.54 Å². The highest BCUT2D eigenvalue weighted by Gasteiger charge is 2.32. The van der Waals surface area contributed by atoms with E-state index in [4.69, 9.17) is 9.79 Å². The first kappa shape index (κ1) is 12.1. The van der Waals surface area contributed by atoms with Gasteiger partial charge in [0, 0.05) is 12.6 Å². The molecule has 1 unspecified atom stereocenters. The fourth-order valence-electron chi connectivity index (χ4n) is 1.60. The summed E-state index contributed by atoms with van der Waals surface area (Å²) in [6.45, 7) is 2.73. The molecule has 3 N–H and O–H groups in total. The standard InChI is InChI=1S/C8H18NO4P/c1-2-9(7-4-3-5-7)6-8(10)14(11,12)13/h7-8,10H,2-6H2,1H3,(H2,11,12,13). The minimum atomic E-state index is -4.34. The SMILES string of the molecule is CCN(CC(O)P(=O)(O)O)C1CCC1. The van der Waals surface area contributed by atoms with E-state index in [9.17, 15) is 9.67 Å². The Kier molecular flexibility index (Phi) is 4.10. The summed E-state index contributed by atoms with van der Waals surface area (Å²) in [5.41, 5.74) is 0. The maximum Gasteiger partial charge on any atom is 0.355 e. The third-order valence-corrected chi connectivity index (χ3v) is 3.72. The van der Waals surface area contributed by atoms with Crippen molar-refractivity contribution in [3.8, 4) is 0 Å². The Hall–Kier alpha value is 0.0700. The van der Waals surface area contributed by atoms with Gasteiger partial charge in [0.2, 0.25) is 0 Å². The molecule has 0 aromatic carbocycles. The molecule has 0 heterocycles. The second-order valence-corrected chi connectivity index (χ2v) is 5.52. The van der Waals surface area contributed by atoms with Crippen molar-refractivity contribution in [2.75, 3.05) is 13.1 Å². The molecule has 5 nitrogen and oxygen atoms in total. The van der Waals surface area contributed by atoms with Crippen LogP contribution in [0.5, 0.6) is 0 Å². The summed E-state index contributed by atoms with van der Waals surface area (Å²) < 4.78 is 10.7. The van der Waals surface area contributed by atoms with Crippen LogP contribution in [0.15, 0.2) is 0 Å². The predicted octanol–water partition coefficient (Wildman–Crippen LogP) is 0.357. The first-order valence-electron chi connectivity index (χ1n) is 4.92. The number of hydrogen-bond donors (Lipinski definition) is 3. The van der Waals surface area contributed by atoms with Crippen LogP contribution in [0.3, 0.4) is 0 Å². The summed E-state index contributed by atoms with van der Waals surface area (Å²) >= 11 is 0. The molecule has 14 heavy (non-hydrogen) atoms. The van der Waals surface area contributed by atoms with Gasteiger partial charge in [-0.25, -0.2) is 0 Å². The highest BCUT2D eigenvalue weighted by molar-refractivity contribution is 7.52. The molecule has 0 saturated heterocycles. The molecule has 1 aliphatic carbocycles. The van der Waals surface area contributed by atoms with Gasteiger partial charge in [-0.1, -0.05) is 13.3 Å². The molecule has 0 radical (unpaired) electrons. The summed E-state index contributed by atoms with van der Waals surface area (Å²) in [5, 5.41) is 9.25. The molecule has 0 spiro atoms. The maximum atomic E-state index is 10.7. The monoisotopic (exact) mass is 223 g/mol. The van der Waals surface area contributed by atoms with E-state index in [2.05, 4.69) is 0 Å². The Morgan fingerprint density at radius 3 is 2.36 bits per heavy atom. The molecular formula is C8H18NO4P. The zero-order valence-electron chi connectivity index (χ0n) is 8.33. The van der Waals surface area contributed by atoms with Gasteiger partial charge in [-0.2, -0.15) is 0 Å². The van der Waals surface area contributed by atoms with Crippen molar-refractivity contribution < 1.29 is 19.5 Å². The van der Waals surface area contributed by atoms with Crippen LogP contribution in [-0.2, 0) is 4.57 Å². The van der Waals surface area contributed by atoms with E-state index >= 15 is 0 Å². The second-order valence-electron chi connectivity index (χ2n) is 3.74. The highest BCUT2D eigenvalue weighted by Crippen LogP contribution is 2.40. The third-order valence-electron chi connectivity index (χ3n) is 2.78. The first-order valence-corrected chi connectivity index (χ1v) is 6.60. The molecule has 1 fully saturated rings. The zero-order chi connectivity index (χ0) is 10.8. The lowest BCUT2D eigenvalue weighted by Crippen LogP contribution is -2.43. The summed E-state index contributed by atoms with van der Waals surface area (Å²) in [4.78, 5) is 19.4. The van der Waals surface area contributed by atoms with Crippen LogP contribution in [0.25, 0.3) is 0 Å². The van der Waals surface area contributed by atoms with Crippen LogP contribution < -0.4 is 0 Å². The van der Waals surface area contributed by atoms with Crippen molar-refractivity contribution in [3.63, 3.8) is 0 Å². The quantitative estimate of drug-likeness (QED) is 0.586. The fourth-order valence-corrected chi connectivity index (χ4v) is 2.03. The lowest BCUT2D eigenvalue weighted by Gasteiger charge is -2.37. The number of hydrogen-bond acceptors (Lipinski definition) is 3. The Bertz CT molecular complexity index is 225. The van der Waals surface area contributed by atoms with Gasteiger partial charge >= 0.3 is 7.60 Å². The molecule has 6 heteroatoms. The largest absolute Gasteiger partial charge is 0.379 e. The normalized spacial score (nSPS) is 20.9. The van der Waals surface area contributed by atoms with E-state index in [0.29, 0.717) is 6.04 Å². The Morgan fingerprint density at radius 2 is 2.07 bits per heavy atom. The zero-order valence-corrected chi connectivity index (χ0v) is 9.23. The van der Waals surface area contributed by atoms with Crippen LogP contribution in [0, 0.1) is 0 Å². The average Bonchev–Trinajstić information content (AvgIpc) is 1.97. The van der Waals surface area contributed by atoms with Gasteiger partial charge in [-0.15, -0.1) is 0 Å². The summed E-state index contributed by atoms with van der Waals surface area (Å²) in [7, 11) is -4.34. The second kappa shape index (κ2) is 4.73. The predicted molar refractivity (Wildman–Crippen MR) is 52.9 cm³/mol. The summed E-state index contributed by atoms with van der Waals surface area (Å²) in [6, 6.07) is 0.404. The van der Waals surface area contributed by atoms with Crippen LogP contribution in [0.2, 0.25) is 0 Å². The smallest absolute Gasteiger partial charge is 0.355 e. The topological polar surface area (TPSA) is 81.0 Å². The van der Waals surface area contributed by atoms with Gasteiger partial charge in [0.25, 0.3) is 0 Å². The van der Waals surface area contributed by atoms with Crippen molar-refractivity contribution >= 4 is 7.60 Å². The van der Waals surface area contributed by atoms with Crippen molar-refractivity contribution in [3.05, 3.63) is 0 Å². The Balaban J connectivity index is 2.43. The molecular weight excluding hydrogens is 205 g/mol. The molecule has 1 atom stereocenters. The van der Waals surface area contributed by atoms with E-state index in [1.54, 1.807) is 0 Å². The number of rotatable bonds is 5. The van der Waals surface area contributed by atoms with Crippen LogP contribution in [0.1, 0.15) is 26.2 Å². The maximum absolute atomic E-state index is 10.7. The van der Waals surface area contributed by atoms with Crippen molar-refractivity contribution in [1.29, 1.82) is 0 Å². The average molecular weight is 223 g/mol. The van der Waals surface area contributed by atoms with Crippen LogP contribution in [-0.4, -0.2) is 44.8 Å². The van der Waals surface area contributed by atoms with Gasteiger partial charge in [0.1, 0.15) is 0 Å². The van der Waals surface area contributed by atoms with Crippen LogP contribution >= 0.6 is 7.60 Å². The minimum absolute atomic E-state index is 0.0748. The molecule has 0 aromatic rings. The van der Waals surface area contributed by atoms with Crippen molar-refractivity contribution in [2.24, 2.45) is 0 Å². The molecule has 84 valence electrons. The van der Waals surface area contributed by atoms with Gasteiger partial charge < -0.3 is 14.9 Å². The van der Waals surface area contributed by atoms with E-state index < -0.39 is 13.4 Å². The molecule has 0 aromatic heterocycles. The van der Waals surface area contributed by atoms with Gasteiger partial charge in [0.05, 0.1) is 0 Å². The minimum Gasteiger partial charge on any atom is -0.379 e. The molecule has 1 aliphatic rings. The van der Waals surface area contributed by atoms with Gasteiger partial charge in [-0.05, 0) is 19.4 Å². The molecule has 1 saturated carbocycles. The molecule has 0 amide bonds. The molecule has 1 rings (SSSR count). The lowest BCUT2D eigenvalue weighted by molar-refractivity contribution is 0.0827. The Labute approximate surface area is 83.9 Å². The third kappa shape index (κ3) is 3.04. The highest BCUT2D eigenvalue weighted by atomic mass is 31.2. The van der Waals surface area contributed by atoms with E-state index in [0.717, 1.165) is 19.4 Å².